The first-order chi connectivity index (χ1) is 8.97. The Morgan fingerprint density at radius 2 is 2.16 bits per heavy atom. The van der Waals surface area contributed by atoms with Crippen molar-refractivity contribution in [3.63, 3.8) is 0 Å². The molecule has 0 fully saturated rings. The van der Waals surface area contributed by atoms with Crippen molar-refractivity contribution in [2.24, 2.45) is 0 Å². The summed E-state index contributed by atoms with van der Waals surface area (Å²) < 4.78 is 37.3. The van der Waals surface area contributed by atoms with Gasteiger partial charge in [-0.25, -0.2) is 4.98 Å². The zero-order valence-corrected chi connectivity index (χ0v) is 11.0. The second kappa shape index (κ2) is 5.82. The van der Waals surface area contributed by atoms with Gasteiger partial charge in [0.25, 0.3) is 0 Å². The van der Waals surface area contributed by atoms with Crippen LogP contribution < -0.4 is 5.32 Å². The molecule has 1 aromatic rings. The zero-order chi connectivity index (χ0) is 13.9. The molecule has 1 N–H and O–H groups in total. The molecular weight excluding hydrogens is 277 g/mol. The van der Waals surface area contributed by atoms with Crippen LogP contribution in [-0.4, -0.2) is 11.5 Å². The molecule has 1 aromatic heterocycles. The van der Waals surface area contributed by atoms with Crippen molar-refractivity contribution >= 4 is 17.4 Å². The quantitative estimate of drug-likeness (QED) is 0.815. The lowest BCUT2D eigenvalue weighted by Crippen LogP contribution is -2.09. The van der Waals surface area contributed by atoms with Crippen LogP contribution in [0.4, 0.5) is 19.0 Å². The highest BCUT2D eigenvalue weighted by Crippen LogP contribution is 2.32. The van der Waals surface area contributed by atoms with Gasteiger partial charge in [-0.1, -0.05) is 23.3 Å². The van der Waals surface area contributed by atoms with E-state index in [2.05, 4.69) is 16.4 Å². The maximum atomic E-state index is 12.4. The lowest BCUT2D eigenvalue weighted by molar-refractivity contribution is -0.137. The van der Waals surface area contributed by atoms with Crippen LogP contribution in [0.25, 0.3) is 0 Å². The fourth-order valence-electron chi connectivity index (χ4n) is 2.03. The maximum Gasteiger partial charge on any atom is 0.417 e. The number of pyridine rings is 1. The summed E-state index contributed by atoms with van der Waals surface area (Å²) in [6.07, 6.45) is 2.88. The minimum Gasteiger partial charge on any atom is -0.369 e. The summed E-state index contributed by atoms with van der Waals surface area (Å²) in [6, 6.07) is 0.895. The number of alkyl halides is 3. The molecule has 1 aliphatic rings. The van der Waals surface area contributed by atoms with Gasteiger partial charge in [0.1, 0.15) is 5.82 Å². The molecular formula is C13H14ClF3N2. The number of aromatic nitrogens is 1. The van der Waals surface area contributed by atoms with Crippen molar-refractivity contribution in [3.05, 3.63) is 34.5 Å². The van der Waals surface area contributed by atoms with Gasteiger partial charge < -0.3 is 5.32 Å². The molecule has 0 radical (unpaired) electrons. The molecule has 0 bridgehead atoms. The molecule has 0 atom stereocenters. The molecule has 0 saturated carbocycles. The monoisotopic (exact) mass is 290 g/mol. The van der Waals surface area contributed by atoms with E-state index in [1.807, 2.05) is 0 Å². The summed E-state index contributed by atoms with van der Waals surface area (Å²) in [5.41, 5.74) is 0.553. The van der Waals surface area contributed by atoms with E-state index >= 15 is 0 Å². The molecule has 0 saturated heterocycles. The highest BCUT2D eigenvalue weighted by atomic mass is 35.5. The van der Waals surface area contributed by atoms with Crippen LogP contribution >= 0.6 is 11.6 Å². The number of hydrogen-bond donors (Lipinski definition) is 1. The average molecular weight is 291 g/mol. The van der Waals surface area contributed by atoms with Crippen LogP contribution in [0.15, 0.2) is 23.9 Å². The van der Waals surface area contributed by atoms with Crippen LogP contribution in [0.5, 0.6) is 0 Å². The van der Waals surface area contributed by atoms with E-state index in [1.54, 1.807) is 0 Å². The molecule has 0 amide bonds. The minimum absolute atomic E-state index is 0.00442. The fraction of sp³-hybridized carbons (Fsp3) is 0.462. The molecule has 6 heteroatoms. The van der Waals surface area contributed by atoms with Crippen molar-refractivity contribution in [1.82, 2.24) is 4.98 Å². The van der Waals surface area contributed by atoms with E-state index in [0.717, 1.165) is 31.5 Å². The molecule has 2 nitrogen and oxygen atoms in total. The topological polar surface area (TPSA) is 24.9 Å². The van der Waals surface area contributed by atoms with Crippen molar-refractivity contribution in [2.75, 3.05) is 11.9 Å². The predicted molar refractivity (Wildman–Crippen MR) is 69.3 cm³/mol. The smallest absolute Gasteiger partial charge is 0.369 e. The normalized spacial score (nSPS) is 15.5. The Labute approximate surface area is 114 Å². The SMILES string of the molecule is FC(F)(F)c1cnc(NCCC2=CCCC2)c(Cl)c1. The van der Waals surface area contributed by atoms with Gasteiger partial charge in [-0.2, -0.15) is 13.2 Å². The lowest BCUT2D eigenvalue weighted by atomic mass is 10.2. The third kappa shape index (κ3) is 3.86. The van der Waals surface area contributed by atoms with E-state index in [9.17, 15) is 13.2 Å². The summed E-state index contributed by atoms with van der Waals surface area (Å²) in [5.74, 6) is 0.299. The average Bonchev–Trinajstić information content (AvgIpc) is 2.83. The van der Waals surface area contributed by atoms with Crippen molar-refractivity contribution in [2.45, 2.75) is 31.9 Å². The van der Waals surface area contributed by atoms with E-state index in [4.69, 9.17) is 11.6 Å². The van der Waals surface area contributed by atoms with E-state index in [1.165, 1.54) is 12.0 Å². The van der Waals surface area contributed by atoms with Crippen LogP contribution in [0.3, 0.4) is 0 Å². The molecule has 1 aliphatic carbocycles. The first-order valence-corrected chi connectivity index (χ1v) is 6.49. The second-order valence-electron chi connectivity index (χ2n) is 4.48. The third-order valence-corrected chi connectivity index (χ3v) is 3.33. The summed E-state index contributed by atoms with van der Waals surface area (Å²) in [4.78, 5) is 3.73. The fourth-order valence-corrected chi connectivity index (χ4v) is 2.26. The maximum absolute atomic E-state index is 12.4. The minimum atomic E-state index is -4.41. The number of nitrogens with one attached hydrogen (secondary N) is 1. The molecule has 0 aromatic carbocycles. The Balaban J connectivity index is 1.93. The highest BCUT2D eigenvalue weighted by molar-refractivity contribution is 6.32. The van der Waals surface area contributed by atoms with E-state index in [-0.39, 0.29) is 5.02 Å². The zero-order valence-electron chi connectivity index (χ0n) is 10.2. The van der Waals surface area contributed by atoms with Gasteiger partial charge in [-0.05, 0) is 31.7 Å². The van der Waals surface area contributed by atoms with Gasteiger partial charge in [0, 0.05) is 12.7 Å². The summed E-state index contributed by atoms with van der Waals surface area (Å²) in [5, 5.41) is 2.96. The Kier molecular flexibility index (Phi) is 4.34. The summed E-state index contributed by atoms with van der Waals surface area (Å²) in [6.45, 7) is 0.629. The first-order valence-electron chi connectivity index (χ1n) is 6.11. The molecule has 19 heavy (non-hydrogen) atoms. The van der Waals surface area contributed by atoms with E-state index < -0.39 is 11.7 Å². The molecule has 2 rings (SSSR count). The number of nitrogens with zero attached hydrogens (tertiary/aromatic N) is 1. The Hall–Kier alpha value is -1.23. The Morgan fingerprint density at radius 1 is 1.37 bits per heavy atom. The third-order valence-electron chi connectivity index (χ3n) is 3.04. The van der Waals surface area contributed by atoms with Crippen LogP contribution in [0.2, 0.25) is 5.02 Å². The predicted octanol–water partition coefficient (Wildman–Crippen LogP) is 4.67. The number of rotatable bonds is 4. The van der Waals surface area contributed by atoms with Gasteiger partial charge in [-0.3, -0.25) is 0 Å². The number of allylic oxidation sites excluding steroid dienone is 1. The lowest BCUT2D eigenvalue weighted by Gasteiger charge is -2.11. The standard InChI is InChI=1S/C13H14ClF3N2/c14-11-7-10(13(15,16)17)8-19-12(11)18-6-5-9-3-1-2-4-9/h3,7-8H,1-2,4-6H2,(H,18,19). The van der Waals surface area contributed by atoms with Gasteiger partial charge >= 0.3 is 6.18 Å². The second-order valence-corrected chi connectivity index (χ2v) is 4.89. The Bertz CT molecular complexity index is 483. The van der Waals surface area contributed by atoms with E-state index in [0.29, 0.717) is 12.4 Å². The number of anilines is 1. The van der Waals surface area contributed by atoms with Gasteiger partial charge in [0.2, 0.25) is 0 Å². The van der Waals surface area contributed by atoms with Crippen LogP contribution in [0.1, 0.15) is 31.2 Å². The van der Waals surface area contributed by atoms with Gasteiger partial charge in [0.05, 0.1) is 10.6 Å². The highest BCUT2D eigenvalue weighted by Gasteiger charge is 2.31. The van der Waals surface area contributed by atoms with Crippen molar-refractivity contribution in [3.8, 4) is 0 Å². The molecule has 0 spiro atoms. The number of halogens is 4. The Morgan fingerprint density at radius 3 is 2.74 bits per heavy atom. The van der Waals surface area contributed by atoms with Crippen molar-refractivity contribution in [1.29, 1.82) is 0 Å². The van der Waals surface area contributed by atoms with Crippen LogP contribution in [0, 0.1) is 0 Å². The molecule has 104 valence electrons. The molecule has 0 aliphatic heterocycles. The molecule has 1 heterocycles. The van der Waals surface area contributed by atoms with Crippen LogP contribution in [-0.2, 0) is 6.18 Å². The first kappa shape index (κ1) is 14.2. The van der Waals surface area contributed by atoms with Crippen molar-refractivity contribution < 1.29 is 13.2 Å². The summed E-state index contributed by atoms with van der Waals surface area (Å²) in [7, 11) is 0. The van der Waals surface area contributed by atoms with Gasteiger partial charge in [-0.15, -0.1) is 0 Å². The largest absolute Gasteiger partial charge is 0.417 e. The number of hydrogen-bond acceptors (Lipinski definition) is 2. The molecule has 0 unspecified atom stereocenters. The van der Waals surface area contributed by atoms with Gasteiger partial charge in [0.15, 0.2) is 0 Å². The summed E-state index contributed by atoms with van der Waals surface area (Å²) >= 11 is 5.79.